The largest absolute Gasteiger partial charge is 0.465 e. The molecule has 0 aliphatic heterocycles. The van der Waals surface area contributed by atoms with Gasteiger partial charge in [-0.05, 0) is 18.8 Å². The molecule has 0 rings (SSSR count). The Morgan fingerprint density at radius 2 is 1.78 bits per heavy atom. The molecule has 0 unspecified atom stereocenters. The van der Waals surface area contributed by atoms with Gasteiger partial charge in [0.1, 0.15) is 6.54 Å². The van der Waals surface area contributed by atoms with Gasteiger partial charge in [-0.1, -0.05) is 27.7 Å². The van der Waals surface area contributed by atoms with Crippen LogP contribution in [0.3, 0.4) is 0 Å². The molecule has 0 aromatic heterocycles. The van der Waals surface area contributed by atoms with E-state index in [1.54, 1.807) is 6.92 Å². The fourth-order valence-corrected chi connectivity index (χ4v) is 1.53. The Kier molecular flexibility index (Phi) is 7.59. The molecule has 0 fully saturated rings. The van der Waals surface area contributed by atoms with Crippen LogP contribution < -0.4 is 5.73 Å². The predicted molar refractivity (Wildman–Crippen MR) is 70.9 cm³/mol. The second-order valence-electron chi connectivity index (χ2n) is 5.19. The molecule has 5 nitrogen and oxygen atoms in total. The molecule has 0 aliphatic rings. The first kappa shape index (κ1) is 16.9. The Labute approximate surface area is 110 Å². The van der Waals surface area contributed by atoms with Crippen molar-refractivity contribution in [3.8, 4) is 0 Å². The molecule has 0 aromatic rings. The third-order valence-electron chi connectivity index (χ3n) is 2.53. The smallest absolute Gasteiger partial charge is 0.325 e. The summed E-state index contributed by atoms with van der Waals surface area (Å²) in [5, 5.41) is 0. The van der Waals surface area contributed by atoms with Crippen molar-refractivity contribution in [2.45, 2.75) is 40.7 Å². The molecule has 0 spiro atoms. The molecule has 0 aromatic carbocycles. The highest BCUT2D eigenvalue weighted by molar-refractivity contribution is 5.85. The summed E-state index contributed by atoms with van der Waals surface area (Å²) < 4.78 is 4.87. The van der Waals surface area contributed by atoms with E-state index in [4.69, 9.17) is 10.5 Å². The van der Waals surface area contributed by atoms with E-state index in [0.717, 1.165) is 0 Å². The Balaban J connectivity index is 4.66. The number of carbonyl (C=O) groups excluding carboxylic acids is 2. The van der Waals surface area contributed by atoms with Crippen molar-refractivity contribution in [2.24, 2.45) is 17.6 Å². The lowest BCUT2D eigenvalue weighted by atomic mass is 10.0. The summed E-state index contributed by atoms with van der Waals surface area (Å²) >= 11 is 0. The summed E-state index contributed by atoms with van der Waals surface area (Å²) in [7, 11) is 0. The van der Waals surface area contributed by atoms with Crippen LogP contribution in [0.15, 0.2) is 0 Å². The maximum Gasteiger partial charge on any atom is 0.325 e. The summed E-state index contributed by atoms with van der Waals surface area (Å²) in [5.74, 6) is -0.244. The predicted octanol–water partition coefficient (Wildman–Crippen LogP) is 1.02. The van der Waals surface area contributed by atoms with Gasteiger partial charge in [-0.2, -0.15) is 0 Å². The van der Waals surface area contributed by atoms with Gasteiger partial charge in [0.05, 0.1) is 12.6 Å². The van der Waals surface area contributed by atoms with Crippen molar-refractivity contribution in [1.82, 2.24) is 4.90 Å². The van der Waals surface area contributed by atoms with Gasteiger partial charge in [0.15, 0.2) is 0 Å². The summed E-state index contributed by atoms with van der Waals surface area (Å²) in [4.78, 5) is 25.1. The molecule has 0 heterocycles. The number of carbonyl (C=O) groups is 2. The first-order chi connectivity index (χ1) is 8.29. The highest BCUT2D eigenvalue weighted by atomic mass is 16.5. The summed E-state index contributed by atoms with van der Waals surface area (Å²) in [5.41, 5.74) is 5.84. The minimum absolute atomic E-state index is 0.0225. The van der Waals surface area contributed by atoms with Crippen LogP contribution in [0.1, 0.15) is 34.6 Å². The lowest BCUT2D eigenvalue weighted by molar-refractivity contribution is -0.150. The lowest BCUT2D eigenvalue weighted by Crippen LogP contribution is -2.49. The zero-order chi connectivity index (χ0) is 14.3. The van der Waals surface area contributed by atoms with Gasteiger partial charge in [0.2, 0.25) is 5.91 Å². The Morgan fingerprint density at radius 3 is 2.17 bits per heavy atom. The third-order valence-corrected chi connectivity index (χ3v) is 2.53. The van der Waals surface area contributed by atoms with Crippen LogP contribution in [0.2, 0.25) is 0 Å². The van der Waals surface area contributed by atoms with Crippen molar-refractivity contribution < 1.29 is 14.3 Å². The standard InChI is InChI=1S/C13H26N2O3/c1-6-18-11(16)8-15(7-9(2)3)13(17)12(14)10(4)5/h9-10,12H,6-8,14H2,1-5H3/t12-/m0/s1. The van der Waals surface area contributed by atoms with Crippen LogP contribution in [0.25, 0.3) is 0 Å². The molecule has 5 heteroatoms. The molecule has 18 heavy (non-hydrogen) atoms. The average molecular weight is 258 g/mol. The van der Waals surface area contributed by atoms with Gasteiger partial charge in [0.25, 0.3) is 0 Å². The van der Waals surface area contributed by atoms with Crippen molar-refractivity contribution in [1.29, 1.82) is 0 Å². The van der Waals surface area contributed by atoms with Crippen molar-refractivity contribution >= 4 is 11.9 Å². The lowest BCUT2D eigenvalue weighted by Gasteiger charge is -2.27. The number of hydrogen-bond donors (Lipinski definition) is 1. The third kappa shape index (κ3) is 6.00. The van der Waals surface area contributed by atoms with Gasteiger partial charge in [-0.15, -0.1) is 0 Å². The van der Waals surface area contributed by atoms with Crippen LogP contribution in [0.4, 0.5) is 0 Å². The summed E-state index contributed by atoms with van der Waals surface area (Å²) in [6.07, 6.45) is 0. The van der Waals surface area contributed by atoms with Gasteiger partial charge in [0, 0.05) is 6.54 Å². The molecule has 106 valence electrons. The van der Waals surface area contributed by atoms with Crippen LogP contribution in [0.5, 0.6) is 0 Å². The SMILES string of the molecule is CCOC(=O)CN(CC(C)C)C(=O)[C@@H](N)C(C)C. The zero-order valence-electron chi connectivity index (χ0n) is 12.1. The molecule has 0 saturated heterocycles. The fourth-order valence-electron chi connectivity index (χ4n) is 1.53. The van der Waals surface area contributed by atoms with E-state index in [2.05, 4.69) is 0 Å². The average Bonchev–Trinajstić information content (AvgIpc) is 2.25. The van der Waals surface area contributed by atoms with E-state index in [1.165, 1.54) is 4.90 Å². The maximum atomic E-state index is 12.2. The van der Waals surface area contributed by atoms with E-state index < -0.39 is 6.04 Å². The van der Waals surface area contributed by atoms with Crippen molar-refractivity contribution in [3.63, 3.8) is 0 Å². The van der Waals surface area contributed by atoms with Crippen LogP contribution in [0, 0.1) is 11.8 Å². The normalized spacial score (nSPS) is 12.7. The minimum atomic E-state index is -0.571. The van der Waals surface area contributed by atoms with Crippen LogP contribution >= 0.6 is 0 Å². The topological polar surface area (TPSA) is 72.6 Å². The van der Waals surface area contributed by atoms with Gasteiger partial charge < -0.3 is 15.4 Å². The fraction of sp³-hybridized carbons (Fsp3) is 0.846. The molecule has 0 saturated carbocycles. The molecular weight excluding hydrogens is 232 g/mol. The number of nitrogens with zero attached hydrogens (tertiary/aromatic N) is 1. The van der Waals surface area contributed by atoms with Gasteiger partial charge in [-0.25, -0.2) is 0 Å². The molecular formula is C13H26N2O3. The first-order valence-electron chi connectivity index (χ1n) is 6.49. The van der Waals surface area contributed by atoms with Crippen LogP contribution in [-0.4, -0.2) is 42.5 Å². The first-order valence-corrected chi connectivity index (χ1v) is 6.49. The summed E-state index contributed by atoms with van der Waals surface area (Å²) in [6, 6.07) is -0.571. The zero-order valence-corrected chi connectivity index (χ0v) is 12.1. The minimum Gasteiger partial charge on any atom is -0.465 e. The Morgan fingerprint density at radius 1 is 1.22 bits per heavy atom. The van der Waals surface area contributed by atoms with E-state index in [-0.39, 0.29) is 30.3 Å². The Bertz CT molecular complexity index is 277. The second-order valence-corrected chi connectivity index (χ2v) is 5.19. The molecule has 0 bridgehead atoms. The number of hydrogen-bond acceptors (Lipinski definition) is 4. The van der Waals surface area contributed by atoms with Gasteiger partial charge >= 0.3 is 5.97 Å². The van der Waals surface area contributed by atoms with Crippen molar-refractivity contribution in [3.05, 3.63) is 0 Å². The number of esters is 1. The van der Waals surface area contributed by atoms with E-state index in [9.17, 15) is 9.59 Å². The van der Waals surface area contributed by atoms with E-state index >= 15 is 0 Å². The maximum absolute atomic E-state index is 12.2. The monoisotopic (exact) mass is 258 g/mol. The number of ether oxygens (including phenoxy) is 1. The van der Waals surface area contributed by atoms with E-state index in [0.29, 0.717) is 13.2 Å². The second kappa shape index (κ2) is 8.08. The highest BCUT2D eigenvalue weighted by Crippen LogP contribution is 2.07. The van der Waals surface area contributed by atoms with Crippen molar-refractivity contribution in [2.75, 3.05) is 19.7 Å². The number of rotatable bonds is 7. The Hall–Kier alpha value is -1.10. The van der Waals surface area contributed by atoms with Gasteiger partial charge in [-0.3, -0.25) is 9.59 Å². The number of nitrogens with two attached hydrogens (primary N) is 1. The molecule has 0 aliphatic carbocycles. The molecule has 0 radical (unpaired) electrons. The summed E-state index contributed by atoms with van der Waals surface area (Å²) in [6.45, 7) is 10.3. The van der Waals surface area contributed by atoms with E-state index in [1.807, 2.05) is 27.7 Å². The number of amides is 1. The molecule has 1 amide bonds. The molecule has 1 atom stereocenters. The quantitative estimate of drug-likeness (QED) is 0.692. The highest BCUT2D eigenvalue weighted by Gasteiger charge is 2.26. The molecule has 2 N–H and O–H groups in total. The van der Waals surface area contributed by atoms with Crippen LogP contribution in [-0.2, 0) is 14.3 Å².